The highest BCUT2D eigenvalue weighted by molar-refractivity contribution is 5.84. The number of nitro benzene ring substituents is 1. The third-order valence-corrected chi connectivity index (χ3v) is 3.55. The second kappa shape index (κ2) is 5.48. The molecule has 2 aromatic carbocycles. The van der Waals surface area contributed by atoms with Crippen LogP contribution in [-0.4, -0.2) is 17.9 Å². The van der Waals surface area contributed by atoms with Gasteiger partial charge in [-0.1, -0.05) is 18.2 Å². The van der Waals surface area contributed by atoms with Gasteiger partial charge in [0, 0.05) is 12.3 Å². The van der Waals surface area contributed by atoms with Gasteiger partial charge in [-0.3, -0.25) is 10.1 Å². The molecule has 0 saturated heterocycles. The summed E-state index contributed by atoms with van der Waals surface area (Å²) >= 11 is 0. The van der Waals surface area contributed by atoms with E-state index in [1.807, 2.05) is 32.0 Å². The molecule has 0 aromatic heterocycles. The van der Waals surface area contributed by atoms with Crippen LogP contribution in [0.5, 0.6) is 11.5 Å². The topological polar surface area (TPSA) is 74.0 Å². The maximum Gasteiger partial charge on any atom is 0.298 e. The van der Waals surface area contributed by atoms with E-state index < -0.39 is 4.92 Å². The van der Waals surface area contributed by atoms with Crippen molar-refractivity contribution < 1.29 is 14.4 Å². The fourth-order valence-corrected chi connectivity index (χ4v) is 2.16. The van der Waals surface area contributed by atoms with E-state index in [1.54, 1.807) is 6.21 Å². The average Bonchev–Trinajstić information content (AvgIpc) is 2.94. The van der Waals surface area contributed by atoms with Crippen LogP contribution in [0.25, 0.3) is 0 Å². The molecular weight excluding hydrogens is 284 g/mol. The van der Waals surface area contributed by atoms with Crippen LogP contribution in [0.1, 0.15) is 16.7 Å². The van der Waals surface area contributed by atoms with E-state index in [-0.39, 0.29) is 18.2 Å². The van der Waals surface area contributed by atoms with E-state index in [0.29, 0.717) is 11.5 Å². The molecule has 0 aliphatic carbocycles. The lowest BCUT2D eigenvalue weighted by atomic mass is 10.1. The number of nitrogens with zero attached hydrogens (tertiary/aromatic N) is 2. The molecule has 3 rings (SSSR count). The summed E-state index contributed by atoms with van der Waals surface area (Å²) < 4.78 is 10.4. The lowest BCUT2D eigenvalue weighted by Crippen LogP contribution is -1.93. The van der Waals surface area contributed by atoms with E-state index in [1.165, 1.54) is 17.7 Å². The van der Waals surface area contributed by atoms with Crippen LogP contribution < -0.4 is 9.47 Å². The first-order valence-electron chi connectivity index (χ1n) is 6.74. The van der Waals surface area contributed by atoms with Crippen LogP contribution in [0.2, 0.25) is 0 Å². The summed E-state index contributed by atoms with van der Waals surface area (Å²) in [5.41, 5.74) is 3.35. The molecule has 6 heteroatoms. The Kier molecular flexibility index (Phi) is 3.50. The summed E-state index contributed by atoms with van der Waals surface area (Å²) in [5.74, 6) is 0.842. The molecule has 1 heterocycles. The molecule has 0 saturated carbocycles. The van der Waals surface area contributed by atoms with E-state index in [4.69, 9.17) is 9.47 Å². The molecule has 0 atom stereocenters. The monoisotopic (exact) mass is 298 g/mol. The Morgan fingerprint density at radius 3 is 2.55 bits per heavy atom. The normalized spacial score (nSPS) is 12.8. The van der Waals surface area contributed by atoms with Gasteiger partial charge in [0.2, 0.25) is 6.79 Å². The van der Waals surface area contributed by atoms with Crippen LogP contribution in [-0.2, 0) is 0 Å². The van der Waals surface area contributed by atoms with Gasteiger partial charge in [-0.25, -0.2) is 4.99 Å². The van der Waals surface area contributed by atoms with Crippen LogP contribution in [0, 0.1) is 24.0 Å². The van der Waals surface area contributed by atoms with Crippen molar-refractivity contribution >= 4 is 17.6 Å². The molecule has 0 radical (unpaired) electrons. The molecule has 0 spiro atoms. The van der Waals surface area contributed by atoms with E-state index in [9.17, 15) is 10.1 Å². The van der Waals surface area contributed by atoms with Gasteiger partial charge in [-0.15, -0.1) is 0 Å². The number of fused-ring (bicyclic) bond motifs is 1. The van der Waals surface area contributed by atoms with E-state index >= 15 is 0 Å². The Morgan fingerprint density at radius 2 is 1.86 bits per heavy atom. The summed E-state index contributed by atoms with van der Waals surface area (Å²) in [7, 11) is 0. The van der Waals surface area contributed by atoms with E-state index in [2.05, 4.69) is 4.99 Å². The second-order valence-corrected chi connectivity index (χ2v) is 5.05. The number of hydrogen-bond acceptors (Lipinski definition) is 5. The summed E-state index contributed by atoms with van der Waals surface area (Å²) in [6.07, 6.45) is 1.61. The van der Waals surface area contributed by atoms with Gasteiger partial charge in [0.1, 0.15) is 5.69 Å². The predicted molar refractivity (Wildman–Crippen MR) is 82.4 cm³/mol. The van der Waals surface area contributed by atoms with Gasteiger partial charge in [0.15, 0.2) is 11.5 Å². The largest absolute Gasteiger partial charge is 0.454 e. The lowest BCUT2D eigenvalue weighted by molar-refractivity contribution is -0.384. The number of aliphatic imine (C=N–C) groups is 1. The maximum absolute atomic E-state index is 11.2. The molecule has 0 fully saturated rings. The van der Waals surface area contributed by atoms with Crippen molar-refractivity contribution in [2.24, 2.45) is 4.99 Å². The highest BCUT2D eigenvalue weighted by Crippen LogP contribution is 2.41. The van der Waals surface area contributed by atoms with E-state index in [0.717, 1.165) is 11.1 Å². The third-order valence-electron chi connectivity index (χ3n) is 3.55. The number of benzene rings is 2. The first-order chi connectivity index (χ1) is 10.5. The third kappa shape index (κ3) is 2.63. The Hall–Kier alpha value is -2.89. The lowest BCUT2D eigenvalue weighted by Gasteiger charge is -2.02. The van der Waals surface area contributed by atoms with Gasteiger partial charge in [0.25, 0.3) is 5.69 Å². The van der Waals surface area contributed by atoms with Gasteiger partial charge in [0.05, 0.1) is 11.0 Å². The Morgan fingerprint density at radius 1 is 1.14 bits per heavy atom. The molecule has 0 unspecified atom stereocenters. The average molecular weight is 298 g/mol. The van der Waals surface area contributed by atoms with Gasteiger partial charge < -0.3 is 9.47 Å². The van der Waals surface area contributed by atoms with Crippen molar-refractivity contribution in [2.45, 2.75) is 13.8 Å². The molecule has 0 bridgehead atoms. The van der Waals surface area contributed by atoms with Crippen molar-refractivity contribution in [2.75, 3.05) is 6.79 Å². The quantitative estimate of drug-likeness (QED) is 0.492. The van der Waals surface area contributed by atoms with Crippen LogP contribution >= 0.6 is 0 Å². The fourth-order valence-electron chi connectivity index (χ4n) is 2.16. The number of hydrogen-bond donors (Lipinski definition) is 0. The van der Waals surface area contributed by atoms with Crippen molar-refractivity contribution in [3.8, 4) is 11.5 Å². The van der Waals surface area contributed by atoms with Crippen molar-refractivity contribution in [1.82, 2.24) is 0 Å². The highest BCUT2D eigenvalue weighted by Gasteiger charge is 2.22. The summed E-state index contributed by atoms with van der Waals surface area (Å²) in [4.78, 5) is 14.9. The minimum absolute atomic E-state index is 0.0663. The fraction of sp³-hybridized carbons (Fsp3) is 0.188. The molecular formula is C16H14N2O4. The summed E-state index contributed by atoms with van der Waals surface area (Å²) in [6.45, 7) is 4.10. The molecule has 0 N–H and O–H groups in total. The summed E-state index contributed by atoms with van der Waals surface area (Å²) in [6, 6.07) is 8.76. The molecule has 1 aliphatic heterocycles. The van der Waals surface area contributed by atoms with Crippen molar-refractivity contribution in [3.05, 3.63) is 57.1 Å². The zero-order valence-corrected chi connectivity index (χ0v) is 12.2. The molecule has 1 aliphatic rings. The van der Waals surface area contributed by atoms with Crippen LogP contribution in [0.15, 0.2) is 35.3 Å². The minimum Gasteiger partial charge on any atom is -0.454 e. The zero-order valence-electron chi connectivity index (χ0n) is 12.2. The maximum atomic E-state index is 11.2. The second-order valence-electron chi connectivity index (χ2n) is 5.05. The van der Waals surface area contributed by atoms with Crippen LogP contribution in [0.3, 0.4) is 0 Å². The minimum atomic E-state index is -0.477. The van der Waals surface area contributed by atoms with Crippen LogP contribution in [0.4, 0.5) is 11.4 Å². The first kappa shape index (κ1) is 14.1. The standard InChI is InChI=1S/C16H14N2O4/c1-10-3-4-12(5-11(10)2)8-17-13-6-15-16(22-9-21-15)7-14(13)18(19)20/h3-8H,9H2,1-2H3. The summed E-state index contributed by atoms with van der Waals surface area (Å²) in [5, 5.41) is 11.2. The Balaban J connectivity index is 1.98. The molecule has 112 valence electrons. The number of nitro groups is 1. The number of ether oxygens (including phenoxy) is 2. The SMILES string of the molecule is Cc1ccc(C=Nc2cc3c(cc2[N+](=O)[O-])OCO3)cc1C. The Labute approximate surface area is 127 Å². The first-order valence-corrected chi connectivity index (χ1v) is 6.74. The van der Waals surface area contributed by atoms with Gasteiger partial charge in [-0.05, 0) is 30.5 Å². The molecule has 22 heavy (non-hydrogen) atoms. The molecule has 0 amide bonds. The zero-order chi connectivity index (χ0) is 15.7. The van der Waals surface area contributed by atoms with Gasteiger partial charge in [-0.2, -0.15) is 0 Å². The molecule has 6 nitrogen and oxygen atoms in total. The number of rotatable bonds is 3. The predicted octanol–water partition coefficient (Wildman–Crippen LogP) is 3.69. The Bertz CT molecular complexity index is 784. The van der Waals surface area contributed by atoms with Crippen molar-refractivity contribution in [1.29, 1.82) is 0 Å². The molecule has 2 aromatic rings. The van der Waals surface area contributed by atoms with Gasteiger partial charge >= 0.3 is 0 Å². The van der Waals surface area contributed by atoms with Crippen molar-refractivity contribution in [3.63, 3.8) is 0 Å². The number of aryl methyl sites for hydroxylation is 2. The highest BCUT2D eigenvalue weighted by atomic mass is 16.7. The smallest absolute Gasteiger partial charge is 0.298 e.